The van der Waals surface area contributed by atoms with Crippen LogP contribution in [-0.2, 0) is 16.6 Å². The number of aliphatic hydroxyl groups excluding tert-OH is 1. The molecule has 1 aliphatic rings. The van der Waals surface area contributed by atoms with Crippen molar-refractivity contribution in [3.8, 4) is 0 Å². The zero-order valence-corrected chi connectivity index (χ0v) is 17.6. The Balaban J connectivity index is 1.54. The van der Waals surface area contributed by atoms with E-state index < -0.39 is 6.04 Å². The molecule has 0 spiro atoms. The monoisotopic (exact) mass is 443 g/mol. The Morgan fingerprint density at radius 2 is 2.23 bits per heavy atom. The number of aromatic nitrogens is 4. The molecule has 1 fully saturated rings. The van der Waals surface area contributed by atoms with Crippen LogP contribution >= 0.6 is 11.6 Å². The Morgan fingerprint density at radius 1 is 1.35 bits per heavy atom. The van der Waals surface area contributed by atoms with E-state index in [1.54, 1.807) is 22.0 Å². The standard InChI is InChI=1S/C20H22ClN7O3/c1-27-10-14(8-23-27)24-20-22-9-16(21)19(26-20)25-17(11-29)13-3-2-4-15(7-13)28-5-6-31-12-18(28)30/h2-4,7-10,17,29H,5-6,11-12H2,1H3,(H2,22,24,25,26)/t17-/m1/s1. The molecule has 0 aliphatic carbocycles. The van der Waals surface area contributed by atoms with E-state index >= 15 is 0 Å². The van der Waals surface area contributed by atoms with Crippen LogP contribution in [0.15, 0.2) is 42.9 Å². The Morgan fingerprint density at radius 3 is 2.97 bits per heavy atom. The van der Waals surface area contributed by atoms with Gasteiger partial charge in [0.1, 0.15) is 11.6 Å². The first kappa shape index (κ1) is 21.0. The molecule has 2 aromatic heterocycles. The van der Waals surface area contributed by atoms with Crippen LogP contribution < -0.4 is 15.5 Å². The molecular formula is C20H22ClN7O3. The predicted molar refractivity (Wildman–Crippen MR) is 117 cm³/mol. The molecular weight excluding hydrogens is 422 g/mol. The number of hydrogen-bond donors (Lipinski definition) is 3. The fourth-order valence-electron chi connectivity index (χ4n) is 3.24. The highest BCUT2D eigenvalue weighted by Gasteiger charge is 2.22. The van der Waals surface area contributed by atoms with E-state index in [1.165, 1.54) is 6.20 Å². The number of carbonyl (C=O) groups is 1. The van der Waals surface area contributed by atoms with E-state index in [9.17, 15) is 9.90 Å². The van der Waals surface area contributed by atoms with Gasteiger partial charge in [-0.3, -0.25) is 9.48 Å². The fourth-order valence-corrected chi connectivity index (χ4v) is 3.39. The van der Waals surface area contributed by atoms with Gasteiger partial charge in [-0.05, 0) is 17.7 Å². The van der Waals surface area contributed by atoms with Crippen LogP contribution in [0, 0.1) is 0 Å². The fraction of sp³-hybridized carbons (Fsp3) is 0.300. The molecule has 3 N–H and O–H groups in total. The third kappa shape index (κ3) is 4.93. The summed E-state index contributed by atoms with van der Waals surface area (Å²) in [7, 11) is 1.81. The van der Waals surface area contributed by atoms with Gasteiger partial charge in [0, 0.05) is 25.5 Å². The number of rotatable bonds is 7. The number of benzene rings is 1. The number of morpholine rings is 1. The number of amides is 1. The number of aryl methyl sites for hydroxylation is 1. The lowest BCUT2D eigenvalue weighted by Gasteiger charge is -2.28. The van der Waals surface area contributed by atoms with Gasteiger partial charge in [-0.1, -0.05) is 23.7 Å². The third-order valence-corrected chi connectivity index (χ3v) is 5.05. The Labute approximate surface area is 183 Å². The highest BCUT2D eigenvalue weighted by molar-refractivity contribution is 6.32. The summed E-state index contributed by atoms with van der Waals surface area (Å²) in [6.07, 6.45) is 4.92. The van der Waals surface area contributed by atoms with Crippen molar-refractivity contribution < 1.29 is 14.6 Å². The second-order valence-corrected chi connectivity index (χ2v) is 7.40. The first-order chi connectivity index (χ1) is 15.0. The molecule has 1 saturated heterocycles. The molecule has 0 unspecified atom stereocenters. The summed E-state index contributed by atoms with van der Waals surface area (Å²) in [5.74, 6) is 0.612. The van der Waals surface area contributed by atoms with Crippen LogP contribution in [0.1, 0.15) is 11.6 Å². The van der Waals surface area contributed by atoms with Crippen molar-refractivity contribution in [2.45, 2.75) is 6.04 Å². The molecule has 31 heavy (non-hydrogen) atoms. The second-order valence-electron chi connectivity index (χ2n) is 6.99. The quantitative estimate of drug-likeness (QED) is 0.508. The normalized spacial score (nSPS) is 15.1. The van der Waals surface area contributed by atoms with Crippen molar-refractivity contribution in [1.82, 2.24) is 19.7 Å². The van der Waals surface area contributed by atoms with E-state index in [0.29, 0.717) is 29.9 Å². The van der Waals surface area contributed by atoms with Gasteiger partial charge in [0.15, 0.2) is 5.82 Å². The molecule has 1 amide bonds. The van der Waals surface area contributed by atoms with Gasteiger partial charge in [-0.15, -0.1) is 0 Å². The lowest BCUT2D eigenvalue weighted by molar-refractivity contribution is -0.125. The average Bonchev–Trinajstić information content (AvgIpc) is 3.19. The van der Waals surface area contributed by atoms with Gasteiger partial charge in [0.25, 0.3) is 5.91 Å². The number of carbonyl (C=O) groups excluding carboxylic acids is 1. The highest BCUT2D eigenvalue weighted by Crippen LogP contribution is 2.28. The van der Waals surface area contributed by atoms with E-state index in [0.717, 1.165) is 16.9 Å². The first-order valence-electron chi connectivity index (χ1n) is 9.67. The number of aliphatic hydroxyl groups is 1. The number of hydrogen-bond acceptors (Lipinski definition) is 8. The molecule has 0 radical (unpaired) electrons. The maximum atomic E-state index is 12.2. The minimum atomic E-state index is -0.491. The van der Waals surface area contributed by atoms with Crippen LogP contribution in [0.2, 0.25) is 5.02 Å². The maximum absolute atomic E-state index is 12.2. The topological polar surface area (TPSA) is 117 Å². The molecule has 4 rings (SSSR count). The number of anilines is 4. The zero-order chi connectivity index (χ0) is 21.8. The van der Waals surface area contributed by atoms with Gasteiger partial charge < -0.3 is 25.4 Å². The molecule has 0 saturated carbocycles. The third-order valence-electron chi connectivity index (χ3n) is 4.77. The zero-order valence-electron chi connectivity index (χ0n) is 16.8. The summed E-state index contributed by atoms with van der Waals surface area (Å²) in [4.78, 5) is 22.4. The van der Waals surface area contributed by atoms with E-state index in [1.807, 2.05) is 31.3 Å². The van der Waals surface area contributed by atoms with E-state index in [-0.39, 0.29) is 19.1 Å². The molecule has 1 aromatic carbocycles. The van der Waals surface area contributed by atoms with E-state index in [4.69, 9.17) is 16.3 Å². The van der Waals surface area contributed by atoms with Gasteiger partial charge >= 0.3 is 0 Å². The van der Waals surface area contributed by atoms with E-state index in [2.05, 4.69) is 25.7 Å². The molecule has 11 heteroatoms. The summed E-state index contributed by atoms with van der Waals surface area (Å²) < 4.78 is 6.85. The minimum Gasteiger partial charge on any atom is -0.394 e. The van der Waals surface area contributed by atoms with Crippen LogP contribution in [0.5, 0.6) is 0 Å². The number of nitrogens with one attached hydrogen (secondary N) is 2. The number of halogens is 1. The maximum Gasteiger partial charge on any atom is 0.253 e. The smallest absolute Gasteiger partial charge is 0.253 e. The second kappa shape index (κ2) is 9.29. The van der Waals surface area contributed by atoms with Gasteiger partial charge in [0.05, 0.1) is 37.3 Å². The number of nitrogens with zero attached hydrogens (tertiary/aromatic N) is 5. The molecule has 10 nitrogen and oxygen atoms in total. The van der Waals surface area contributed by atoms with Gasteiger partial charge in [-0.25, -0.2) is 4.98 Å². The molecule has 1 atom stereocenters. The summed E-state index contributed by atoms with van der Waals surface area (Å²) in [6.45, 7) is 0.836. The largest absolute Gasteiger partial charge is 0.394 e. The Bertz CT molecular complexity index is 1070. The molecule has 1 aliphatic heterocycles. The van der Waals surface area contributed by atoms with Crippen molar-refractivity contribution in [2.75, 3.05) is 41.9 Å². The summed E-state index contributed by atoms with van der Waals surface area (Å²) in [5, 5.41) is 20.6. The molecule has 3 heterocycles. The van der Waals surface area contributed by atoms with Crippen LogP contribution in [0.25, 0.3) is 0 Å². The molecule has 162 valence electrons. The van der Waals surface area contributed by atoms with Crippen molar-refractivity contribution in [3.63, 3.8) is 0 Å². The predicted octanol–water partition coefficient (Wildman–Crippen LogP) is 2.12. The van der Waals surface area contributed by atoms with Crippen molar-refractivity contribution in [2.24, 2.45) is 7.05 Å². The van der Waals surface area contributed by atoms with Crippen molar-refractivity contribution >= 4 is 40.6 Å². The molecule has 0 bridgehead atoms. The number of ether oxygens (including phenoxy) is 1. The Hall–Kier alpha value is -3.21. The summed E-state index contributed by atoms with van der Waals surface area (Å²) in [6, 6.07) is 6.94. The lowest BCUT2D eigenvalue weighted by Crippen LogP contribution is -2.41. The van der Waals surface area contributed by atoms with Crippen LogP contribution in [-0.4, -0.2) is 57.1 Å². The van der Waals surface area contributed by atoms with Crippen molar-refractivity contribution in [1.29, 1.82) is 0 Å². The minimum absolute atomic E-state index is 0.0646. The summed E-state index contributed by atoms with van der Waals surface area (Å²) >= 11 is 6.28. The van der Waals surface area contributed by atoms with Crippen LogP contribution in [0.4, 0.5) is 23.1 Å². The Kier molecular flexibility index (Phi) is 6.31. The first-order valence-corrected chi connectivity index (χ1v) is 10.0. The van der Waals surface area contributed by atoms with Gasteiger partial charge in [-0.2, -0.15) is 10.1 Å². The molecule has 3 aromatic rings. The average molecular weight is 444 g/mol. The van der Waals surface area contributed by atoms with Crippen LogP contribution in [0.3, 0.4) is 0 Å². The van der Waals surface area contributed by atoms with Crippen molar-refractivity contribution in [3.05, 3.63) is 53.4 Å². The van der Waals surface area contributed by atoms with Gasteiger partial charge in [0.2, 0.25) is 5.95 Å². The lowest BCUT2D eigenvalue weighted by atomic mass is 10.1. The summed E-state index contributed by atoms with van der Waals surface area (Å²) in [5.41, 5.74) is 2.27. The highest BCUT2D eigenvalue weighted by atomic mass is 35.5. The SMILES string of the molecule is Cn1cc(Nc2ncc(Cl)c(N[C@H](CO)c3cccc(N4CCOCC4=O)c3)n2)cn1.